The SMILES string of the molecule is Cc1cc(C)c(CNC2CC2)c(-n2cccn2)n1. The largest absolute Gasteiger partial charge is 0.310 e. The van der Waals surface area contributed by atoms with Gasteiger partial charge in [0.1, 0.15) is 0 Å². The number of nitrogens with zero attached hydrogens (tertiary/aromatic N) is 3. The first-order chi connectivity index (χ1) is 8.74. The first-order valence-corrected chi connectivity index (χ1v) is 6.44. The summed E-state index contributed by atoms with van der Waals surface area (Å²) in [5.41, 5.74) is 3.56. The van der Waals surface area contributed by atoms with E-state index in [-0.39, 0.29) is 0 Å². The van der Waals surface area contributed by atoms with E-state index in [0.717, 1.165) is 18.1 Å². The lowest BCUT2D eigenvalue weighted by Gasteiger charge is -2.13. The number of aryl methyl sites for hydroxylation is 2. The zero-order valence-corrected chi connectivity index (χ0v) is 10.8. The second-order valence-corrected chi connectivity index (χ2v) is 4.99. The predicted molar refractivity (Wildman–Crippen MR) is 70.7 cm³/mol. The third-order valence-electron chi connectivity index (χ3n) is 3.32. The summed E-state index contributed by atoms with van der Waals surface area (Å²) in [5.74, 6) is 0.950. The van der Waals surface area contributed by atoms with Crippen molar-refractivity contribution in [1.82, 2.24) is 20.1 Å². The van der Waals surface area contributed by atoms with Crippen molar-refractivity contribution in [2.75, 3.05) is 0 Å². The van der Waals surface area contributed by atoms with Crippen LogP contribution in [0, 0.1) is 13.8 Å². The van der Waals surface area contributed by atoms with Crippen LogP contribution in [0.5, 0.6) is 0 Å². The van der Waals surface area contributed by atoms with Crippen molar-refractivity contribution in [3.05, 3.63) is 41.3 Å². The van der Waals surface area contributed by atoms with E-state index in [4.69, 9.17) is 0 Å². The van der Waals surface area contributed by atoms with Gasteiger partial charge in [-0.1, -0.05) is 0 Å². The number of aromatic nitrogens is 3. The minimum Gasteiger partial charge on any atom is -0.310 e. The molecule has 4 heteroatoms. The van der Waals surface area contributed by atoms with Crippen molar-refractivity contribution in [2.24, 2.45) is 0 Å². The van der Waals surface area contributed by atoms with Gasteiger partial charge in [0.2, 0.25) is 0 Å². The Balaban J connectivity index is 1.98. The molecule has 2 aromatic heterocycles. The Morgan fingerprint density at radius 1 is 1.39 bits per heavy atom. The molecule has 0 saturated heterocycles. The van der Waals surface area contributed by atoms with E-state index in [0.29, 0.717) is 6.04 Å². The number of hydrogen-bond donors (Lipinski definition) is 1. The highest BCUT2D eigenvalue weighted by Crippen LogP contribution is 2.22. The van der Waals surface area contributed by atoms with Gasteiger partial charge >= 0.3 is 0 Å². The molecule has 0 atom stereocenters. The average molecular weight is 242 g/mol. The first-order valence-electron chi connectivity index (χ1n) is 6.44. The van der Waals surface area contributed by atoms with E-state index < -0.39 is 0 Å². The third-order valence-corrected chi connectivity index (χ3v) is 3.32. The van der Waals surface area contributed by atoms with Gasteiger partial charge in [-0.05, 0) is 44.4 Å². The molecule has 0 amide bonds. The standard InChI is InChI=1S/C14H18N4/c1-10-8-11(2)17-14(18-7-3-6-16-18)13(10)9-15-12-4-5-12/h3,6-8,12,15H,4-5,9H2,1-2H3. The van der Waals surface area contributed by atoms with Crippen molar-refractivity contribution in [2.45, 2.75) is 39.3 Å². The van der Waals surface area contributed by atoms with Crippen LogP contribution in [0.15, 0.2) is 24.5 Å². The maximum Gasteiger partial charge on any atom is 0.158 e. The summed E-state index contributed by atoms with van der Waals surface area (Å²) >= 11 is 0. The molecule has 0 bridgehead atoms. The number of rotatable bonds is 4. The van der Waals surface area contributed by atoms with Gasteiger partial charge in [-0.25, -0.2) is 9.67 Å². The van der Waals surface area contributed by atoms with Gasteiger partial charge in [0, 0.05) is 36.2 Å². The van der Waals surface area contributed by atoms with E-state index >= 15 is 0 Å². The van der Waals surface area contributed by atoms with Gasteiger partial charge in [-0.15, -0.1) is 0 Å². The third kappa shape index (κ3) is 2.29. The Hall–Kier alpha value is -1.68. The molecule has 0 radical (unpaired) electrons. The van der Waals surface area contributed by atoms with Crippen LogP contribution in [0.1, 0.15) is 29.7 Å². The van der Waals surface area contributed by atoms with Gasteiger partial charge < -0.3 is 5.32 Å². The Kier molecular flexibility index (Phi) is 2.88. The lowest BCUT2D eigenvalue weighted by atomic mass is 10.1. The van der Waals surface area contributed by atoms with Crippen molar-refractivity contribution >= 4 is 0 Å². The van der Waals surface area contributed by atoms with Crippen molar-refractivity contribution in [1.29, 1.82) is 0 Å². The van der Waals surface area contributed by atoms with Gasteiger partial charge in [-0.2, -0.15) is 5.10 Å². The van der Waals surface area contributed by atoms with Gasteiger partial charge in [0.05, 0.1) is 0 Å². The van der Waals surface area contributed by atoms with Gasteiger partial charge in [0.25, 0.3) is 0 Å². The lowest BCUT2D eigenvalue weighted by Crippen LogP contribution is -2.19. The van der Waals surface area contributed by atoms with Crippen molar-refractivity contribution in [3.63, 3.8) is 0 Å². The highest BCUT2D eigenvalue weighted by molar-refractivity contribution is 5.40. The fourth-order valence-electron chi connectivity index (χ4n) is 2.18. The Labute approximate surface area is 107 Å². The smallest absolute Gasteiger partial charge is 0.158 e. The second-order valence-electron chi connectivity index (χ2n) is 4.99. The van der Waals surface area contributed by atoms with Gasteiger partial charge in [0.15, 0.2) is 5.82 Å². The molecule has 1 N–H and O–H groups in total. The number of pyridine rings is 1. The highest BCUT2D eigenvalue weighted by atomic mass is 15.3. The van der Waals surface area contributed by atoms with Crippen LogP contribution in [-0.4, -0.2) is 20.8 Å². The molecule has 4 nitrogen and oxygen atoms in total. The van der Waals surface area contributed by atoms with Crippen LogP contribution in [0.25, 0.3) is 5.82 Å². The molecule has 0 unspecified atom stereocenters. The van der Waals surface area contributed by atoms with Crippen LogP contribution in [0.3, 0.4) is 0 Å². The molecular weight excluding hydrogens is 224 g/mol. The predicted octanol–water partition coefficient (Wildman–Crippen LogP) is 2.14. The summed E-state index contributed by atoms with van der Waals surface area (Å²) in [7, 11) is 0. The van der Waals surface area contributed by atoms with Crippen LogP contribution in [-0.2, 0) is 6.54 Å². The Morgan fingerprint density at radius 2 is 2.22 bits per heavy atom. The Bertz CT molecular complexity index is 541. The van der Waals surface area contributed by atoms with E-state index in [9.17, 15) is 0 Å². The molecule has 1 aliphatic carbocycles. The average Bonchev–Trinajstić information content (AvgIpc) is 3.00. The summed E-state index contributed by atoms with van der Waals surface area (Å²) in [4.78, 5) is 4.64. The topological polar surface area (TPSA) is 42.7 Å². The van der Waals surface area contributed by atoms with Crippen molar-refractivity contribution in [3.8, 4) is 5.82 Å². The molecule has 0 aromatic carbocycles. The summed E-state index contributed by atoms with van der Waals surface area (Å²) in [5, 5.41) is 7.85. The molecule has 1 saturated carbocycles. The fraction of sp³-hybridized carbons (Fsp3) is 0.429. The van der Waals surface area contributed by atoms with Crippen LogP contribution in [0.2, 0.25) is 0 Å². The molecular formula is C14H18N4. The minimum absolute atomic E-state index is 0.705. The molecule has 0 aliphatic heterocycles. The monoisotopic (exact) mass is 242 g/mol. The number of nitrogens with one attached hydrogen (secondary N) is 1. The normalized spacial score (nSPS) is 15.0. The second kappa shape index (κ2) is 4.53. The molecule has 1 aliphatic rings. The van der Waals surface area contributed by atoms with E-state index in [1.165, 1.54) is 24.0 Å². The van der Waals surface area contributed by atoms with Crippen LogP contribution < -0.4 is 5.32 Å². The molecule has 18 heavy (non-hydrogen) atoms. The van der Waals surface area contributed by atoms with E-state index in [1.54, 1.807) is 6.20 Å². The van der Waals surface area contributed by atoms with E-state index in [1.807, 2.05) is 23.9 Å². The quantitative estimate of drug-likeness (QED) is 0.893. The number of hydrogen-bond acceptors (Lipinski definition) is 3. The first kappa shape index (κ1) is 11.4. The maximum absolute atomic E-state index is 4.64. The summed E-state index contributed by atoms with van der Waals surface area (Å²) in [6.07, 6.45) is 6.34. The zero-order valence-electron chi connectivity index (χ0n) is 10.8. The molecule has 0 spiro atoms. The fourth-order valence-corrected chi connectivity index (χ4v) is 2.18. The molecule has 2 aromatic rings. The summed E-state index contributed by atoms with van der Waals surface area (Å²) in [6.45, 7) is 5.04. The van der Waals surface area contributed by atoms with Gasteiger partial charge in [-0.3, -0.25) is 0 Å². The highest BCUT2D eigenvalue weighted by Gasteiger charge is 2.21. The zero-order chi connectivity index (χ0) is 12.5. The maximum atomic E-state index is 4.64. The lowest BCUT2D eigenvalue weighted by molar-refractivity contribution is 0.672. The van der Waals surface area contributed by atoms with E-state index in [2.05, 4.69) is 28.4 Å². The summed E-state index contributed by atoms with van der Waals surface area (Å²) in [6, 6.07) is 4.77. The molecule has 3 rings (SSSR count). The van der Waals surface area contributed by atoms with Crippen LogP contribution >= 0.6 is 0 Å². The molecule has 1 fully saturated rings. The minimum atomic E-state index is 0.705. The molecule has 94 valence electrons. The summed E-state index contributed by atoms with van der Waals surface area (Å²) < 4.78 is 1.85. The molecule has 2 heterocycles. The Morgan fingerprint density at radius 3 is 2.89 bits per heavy atom. The van der Waals surface area contributed by atoms with Crippen molar-refractivity contribution < 1.29 is 0 Å². The van der Waals surface area contributed by atoms with Crippen LogP contribution in [0.4, 0.5) is 0 Å².